The van der Waals surface area contributed by atoms with Gasteiger partial charge in [0.05, 0.1) is 0 Å². The number of ether oxygens (including phenoxy) is 1. The normalized spacial score (nSPS) is 38.1. The molecule has 3 atom stereocenters. The summed E-state index contributed by atoms with van der Waals surface area (Å²) in [7, 11) is 1.64. The number of aliphatic hydroxyl groups excluding tert-OH is 2. The molecule has 0 aromatic rings. The highest BCUT2D eigenvalue weighted by Crippen LogP contribution is 2.45. The predicted molar refractivity (Wildman–Crippen MR) is 36.5 cm³/mol. The zero-order valence-corrected chi connectivity index (χ0v) is 6.16. The second-order valence-corrected chi connectivity index (χ2v) is 2.81. The van der Waals surface area contributed by atoms with Gasteiger partial charge >= 0.3 is 0 Å². The molecule has 60 valence electrons. The summed E-state index contributed by atoms with van der Waals surface area (Å²) in [6, 6.07) is 0. The molecule has 3 nitrogen and oxygen atoms in total. The van der Waals surface area contributed by atoms with Gasteiger partial charge < -0.3 is 14.9 Å². The van der Waals surface area contributed by atoms with E-state index in [1.807, 2.05) is 0 Å². The molecule has 10 heavy (non-hydrogen) atoms. The summed E-state index contributed by atoms with van der Waals surface area (Å²) in [6.45, 7) is 1.02. The van der Waals surface area contributed by atoms with E-state index in [2.05, 4.69) is 0 Å². The Labute approximate surface area is 60.6 Å². The van der Waals surface area contributed by atoms with Gasteiger partial charge in [0.15, 0.2) is 0 Å². The average molecular weight is 146 g/mol. The fourth-order valence-corrected chi connectivity index (χ4v) is 1.51. The summed E-state index contributed by atoms with van der Waals surface area (Å²) >= 11 is 0. The fraction of sp³-hybridized carbons (Fsp3) is 1.00. The molecule has 0 spiro atoms. The third-order valence-electron chi connectivity index (χ3n) is 2.29. The van der Waals surface area contributed by atoms with Crippen LogP contribution in [0.15, 0.2) is 0 Å². The van der Waals surface area contributed by atoms with Crippen LogP contribution in [0.2, 0.25) is 0 Å². The smallest absolute Gasteiger partial charge is 0.0497 e. The van der Waals surface area contributed by atoms with Crippen molar-refractivity contribution in [2.24, 2.45) is 17.8 Å². The van der Waals surface area contributed by atoms with E-state index in [9.17, 15) is 0 Å². The number of rotatable bonds is 4. The number of aliphatic hydroxyl groups is 2. The van der Waals surface area contributed by atoms with Crippen molar-refractivity contribution in [3.63, 3.8) is 0 Å². The van der Waals surface area contributed by atoms with E-state index in [1.165, 1.54) is 0 Å². The van der Waals surface area contributed by atoms with Crippen molar-refractivity contribution < 1.29 is 14.9 Å². The van der Waals surface area contributed by atoms with Gasteiger partial charge in [-0.1, -0.05) is 0 Å². The zero-order valence-electron chi connectivity index (χ0n) is 6.16. The minimum absolute atomic E-state index is 0.180. The molecule has 2 N–H and O–H groups in total. The van der Waals surface area contributed by atoms with Crippen LogP contribution in [0.3, 0.4) is 0 Å². The molecule has 0 amide bonds. The van der Waals surface area contributed by atoms with Crippen molar-refractivity contribution in [1.29, 1.82) is 0 Å². The molecular formula is C7H14O3. The quantitative estimate of drug-likeness (QED) is 0.561. The number of hydrogen-bond donors (Lipinski definition) is 2. The first-order valence-electron chi connectivity index (χ1n) is 3.55. The maximum atomic E-state index is 8.74. The molecule has 1 fully saturated rings. The summed E-state index contributed by atoms with van der Waals surface area (Å²) in [5, 5.41) is 17.5. The molecule has 0 aromatic heterocycles. The molecule has 1 aliphatic carbocycles. The first kappa shape index (κ1) is 7.98. The topological polar surface area (TPSA) is 49.7 Å². The molecule has 1 aliphatic rings. The fourth-order valence-electron chi connectivity index (χ4n) is 1.51. The van der Waals surface area contributed by atoms with E-state index in [0.717, 1.165) is 0 Å². The Hall–Kier alpha value is -0.120. The van der Waals surface area contributed by atoms with Gasteiger partial charge in [-0.15, -0.1) is 0 Å². The largest absolute Gasteiger partial charge is 0.396 e. The molecule has 3 heteroatoms. The Morgan fingerprint density at radius 3 is 1.90 bits per heavy atom. The van der Waals surface area contributed by atoms with Gasteiger partial charge in [0.25, 0.3) is 0 Å². The van der Waals surface area contributed by atoms with Crippen molar-refractivity contribution >= 4 is 0 Å². The summed E-state index contributed by atoms with van der Waals surface area (Å²) in [6.07, 6.45) is 0. The van der Waals surface area contributed by atoms with Gasteiger partial charge in [0.2, 0.25) is 0 Å². The monoisotopic (exact) mass is 146 g/mol. The van der Waals surface area contributed by atoms with Crippen molar-refractivity contribution in [3.8, 4) is 0 Å². The van der Waals surface area contributed by atoms with Crippen LogP contribution in [-0.2, 0) is 4.74 Å². The van der Waals surface area contributed by atoms with Gasteiger partial charge in [-0.05, 0) is 17.8 Å². The highest BCUT2D eigenvalue weighted by Gasteiger charge is 2.48. The maximum Gasteiger partial charge on any atom is 0.0497 e. The van der Waals surface area contributed by atoms with Gasteiger partial charge in [0, 0.05) is 26.9 Å². The Kier molecular flexibility index (Phi) is 2.65. The Morgan fingerprint density at radius 1 is 1.10 bits per heavy atom. The first-order valence-corrected chi connectivity index (χ1v) is 3.55. The van der Waals surface area contributed by atoms with Crippen LogP contribution in [0.4, 0.5) is 0 Å². The van der Waals surface area contributed by atoms with Crippen molar-refractivity contribution in [2.45, 2.75) is 0 Å². The Morgan fingerprint density at radius 2 is 1.60 bits per heavy atom. The maximum absolute atomic E-state index is 8.74. The van der Waals surface area contributed by atoms with E-state index in [-0.39, 0.29) is 25.0 Å². The predicted octanol–water partition coefficient (Wildman–Crippen LogP) is -0.520. The van der Waals surface area contributed by atoms with Crippen LogP contribution >= 0.6 is 0 Å². The molecule has 0 radical (unpaired) electrons. The van der Waals surface area contributed by atoms with Crippen molar-refractivity contribution in [2.75, 3.05) is 26.9 Å². The van der Waals surface area contributed by atoms with Crippen LogP contribution in [0, 0.1) is 17.8 Å². The second-order valence-electron chi connectivity index (χ2n) is 2.81. The number of methoxy groups -OCH3 is 1. The van der Waals surface area contributed by atoms with Crippen LogP contribution in [0.25, 0.3) is 0 Å². The lowest BCUT2D eigenvalue weighted by atomic mass is 10.3. The van der Waals surface area contributed by atoms with Crippen molar-refractivity contribution in [3.05, 3.63) is 0 Å². The van der Waals surface area contributed by atoms with Crippen LogP contribution < -0.4 is 0 Å². The highest BCUT2D eigenvalue weighted by atomic mass is 16.5. The van der Waals surface area contributed by atoms with Gasteiger partial charge in [-0.3, -0.25) is 0 Å². The van der Waals surface area contributed by atoms with E-state index >= 15 is 0 Å². The van der Waals surface area contributed by atoms with Gasteiger partial charge in [-0.25, -0.2) is 0 Å². The number of hydrogen-bond acceptors (Lipinski definition) is 3. The first-order chi connectivity index (χ1) is 4.85. The molecule has 1 saturated carbocycles. The van der Waals surface area contributed by atoms with Gasteiger partial charge in [0.1, 0.15) is 0 Å². The van der Waals surface area contributed by atoms with Crippen LogP contribution in [0.5, 0.6) is 0 Å². The summed E-state index contributed by atoms with van der Waals surface area (Å²) < 4.78 is 4.91. The average Bonchev–Trinajstić information content (AvgIpc) is 2.62. The second kappa shape index (κ2) is 3.32. The molecule has 1 rings (SSSR count). The third-order valence-corrected chi connectivity index (χ3v) is 2.29. The van der Waals surface area contributed by atoms with E-state index in [0.29, 0.717) is 12.5 Å². The minimum Gasteiger partial charge on any atom is -0.396 e. The zero-order chi connectivity index (χ0) is 7.56. The third kappa shape index (κ3) is 1.31. The molecule has 0 heterocycles. The van der Waals surface area contributed by atoms with Crippen molar-refractivity contribution in [1.82, 2.24) is 0 Å². The van der Waals surface area contributed by atoms with E-state index in [4.69, 9.17) is 14.9 Å². The van der Waals surface area contributed by atoms with E-state index in [1.54, 1.807) is 7.11 Å². The minimum atomic E-state index is 0.180. The van der Waals surface area contributed by atoms with Gasteiger partial charge in [-0.2, -0.15) is 0 Å². The molecule has 0 aliphatic heterocycles. The standard InChI is InChI=1S/C7H14O3/c1-10-4-7-5(2-8)6(7)3-9/h5-9H,2-4H2,1H3/t5-,6+,7?. The molecule has 0 saturated heterocycles. The van der Waals surface area contributed by atoms with E-state index < -0.39 is 0 Å². The highest BCUT2D eigenvalue weighted by molar-refractivity contribution is 4.95. The molecule has 1 unspecified atom stereocenters. The lowest BCUT2D eigenvalue weighted by Crippen LogP contribution is -1.96. The molecule has 0 aromatic carbocycles. The lowest BCUT2D eigenvalue weighted by molar-refractivity contribution is 0.166. The molecular weight excluding hydrogens is 132 g/mol. The SMILES string of the molecule is COCC1[C@@H](CO)[C@H]1CO. The Bertz CT molecular complexity index is 95.0. The molecule has 0 bridgehead atoms. The lowest BCUT2D eigenvalue weighted by Gasteiger charge is -1.93. The Balaban J connectivity index is 2.22. The summed E-state index contributed by atoms with van der Waals surface area (Å²) in [4.78, 5) is 0. The summed E-state index contributed by atoms with van der Waals surface area (Å²) in [5.74, 6) is 0.954. The summed E-state index contributed by atoms with van der Waals surface area (Å²) in [5.41, 5.74) is 0. The van der Waals surface area contributed by atoms with Crippen LogP contribution in [-0.4, -0.2) is 37.1 Å². The van der Waals surface area contributed by atoms with Crippen LogP contribution in [0.1, 0.15) is 0 Å².